The quantitative estimate of drug-likeness (QED) is 0.428. The van der Waals surface area contributed by atoms with Crippen LogP contribution in [-0.2, 0) is 19.6 Å². The average Bonchev–Trinajstić information content (AvgIpc) is 2.37. The summed E-state index contributed by atoms with van der Waals surface area (Å²) in [6.45, 7) is 0. The van der Waals surface area contributed by atoms with Gasteiger partial charge in [-0.3, -0.25) is 9.59 Å². The van der Waals surface area contributed by atoms with Gasteiger partial charge in [-0.2, -0.15) is 4.72 Å². The molecule has 0 aliphatic carbocycles. The smallest absolute Gasteiger partial charge is 0.363 e. The Kier molecular flexibility index (Phi) is 4.88. The topological polar surface area (TPSA) is 177 Å². The lowest BCUT2D eigenvalue weighted by molar-refractivity contribution is -0.389. The van der Waals surface area contributed by atoms with Crippen LogP contribution in [0.25, 0.3) is 0 Å². The van der Waals surface area contributed by atoms with E-state index in [2.05, 4.69) is 4.98 Å². The molecule has 0 fully saturated rings. The number of pyridine rings is 1. The normalized spacial score (nSPS) is 12.6. The number of hydrogen-bond donors (Lipinski definition) is 3. The van der Waals surface area contributed by atoms with Gasteiger partial charge in [-0.25, -0.2) is 8.42 Å². The maximum atomic E-state index is 11.8. The number of rotatable bonds is 7. The number of nitrogens with one attached hydrogen (secondary N) is 1. The highest BCUT2D eigenvalue weighted by Gasteiger charge is 2.28. The number of carbonyl (C=O) groups is 2. The Morgan fingerprint density at radius 3 is 2.38 bits per heavy atom. The number of aromatic nitrogens is 1. The third-order valence-corrected chi connectivity index (χ3v) is 3.65. The fourth-order valence-electron chi connectivity index (χ4n) is 1.25. The Bertz CT molecular complexity index is 669. The van der Waals surface area contributed by atoms with Gasteiger partial charge in [0.2, 0.25) is 10.0 Å². The van der Waals surface area contributed by atoms with Crippen LogP contribution in [0.5, 0.6) is 0 Å². The number of hydrogen-bond acceptors (Lipinski definition) is 7. The van der Waals surface area contributed by atoms with Gasteiger partial charge in [0.05, 0.1) is 6.42 Å². The van der Waals surface area contributed by atoms with Crippen molar-refractivity contribution < 1.29 is 33.1 Å². The fourth-order valence-corrected chi connectivity index (χ4v) is 2.38. The third kappa shape index (κ3) is 4.47. The lowest BCUT2D eigenvalue weighted by atomic mass is 10.2. The zero-order chi connectivity index (χ0) is 16.2. The van der Waals surface area contributed by atoms with Gasteiger partial charge in [-0.05, 0) is 16.0 Å². The molecule has 11 nitrogen and oxygen atoms in total. The fraction of sp³-hybridized carbons (Fsp3) is 0.222. The average molecular weight is 319 g/mol. The maximum Gasteiger partial charge on any atom is 0.363 e. The number of nitro groups is 1. The van der Waals surface area contributed by atoms with Gasteiger partial charge in [-0.1, -0.05) is 0 Å². The molecule has 1 heterocycles. The molecule has 0 amide bonds. The second-order valence-corrected chi connectivity index (χ2v) is 5.43. The van der Waals surface area contributed by atoms with Crippen LogP contribution >= 0.6 is 0 Å². The van der Waals surface area contributed by atoms with E-state index in [4.69, 9.17) is 10.2 Å². The predicted octanol–water partition coefficient (Wildman–Crippen LogP) is -0.804. The summed E-state index contributed by atoms with van der Waals surface area (Å²) < 4.78 is 25.3. The van der Waals surface area contributed by atoms with Crippen molar-refractivity contribution >= 4 is 27.8 Å². The van der Waals surface area contributed by atoms with Gasteiger partial charge in [0.25, 0.3) is 0 Å². The Hall–Kier alpha value is -2.60. The summed E-state index contributed by atoms with van der Waals surface area (Å²) in [5, 5.41) is 27.7. The second kappa shape index (κ2) is 6.23. The van der Waals surface area contributed by atoms with Gasteiger partial charge in [-0.15, -0.1) is 0 Å². The number of sulfonamides is 1. The molecule has 0 spiro atoms. The molecule has 3 N–H and O–H groups in total. The van der Waals surface area contributed by atoms with Gasteiger partial charge in [0.15, 0.2) is 6.20 Å². The summed E-state index contributed by atoms with van der Waals surface area (Å²) in [5.74, 6) is -3.77. The van der Waals surface area contributed by atoms with E-state index in [-0.39, 0.29) is 0 Å². The highest BCUT2D eigenvalue weighted by Crippen LogP contribution is 2.13. The molecule has 114 valence electrons. The van der Waals surface area contributed by atoms with Crippen molar-refractivity contribution in [3.63, 3.8) is 0 Å². The van der Waals surface area contributed by atoms with Crippen molar-refractivity contribution in [2.45, 2.75) is 17.4 Å². The molecule has 0 aliphatic rings. The summed E-state index contributed by atoms with van der Waals surface area (Å²) in [6.07, 6.45) is -0.297. The first-order valence-corrected chi connectivity index (χ1v) is 6.69. The Balaban J connectivity index is 3.01. The van der Waals surface area contributed by atoms with Crippen molar-refractivity contribution in [1.29, 1.82) is 0 Å². The van der Waals surface area contributed by atoms with E-state index in [0.717, 1.165) is 12.1 Å². The monoisotopic (exact) mass is 319 g/mol. The molecule has 1 aromatic heterocycles. The number of aliphatic carboxylic acids is 2. The number of carboxylic acid groups (broad SMARTS) is 2. The van der Waals surface area contributed by atoms with Gasteiger partial charge in [0.1, 0.15) is 10.9 Å². The van der Waals surface area contributed by atoms with Crippen LogP contribution in [0.15, 0.2) is 23.2 Å². The van der Waals surface area contributed by atoms with Crippen LogP contribution in [0.3, 0.4) is 0 Å². The molecule has 0 saturated carbocycles. The van der Waals surface area contributed by atoms with Crippen LogP contribution in [0.1, 0.15) is 6.42 Å². The van der Waals surface area contributed by atoms with Crippen LogP contribution < -0.4 is 4.72 Å². The van der Waals surface area contributed by atoms with Crippen LogP contribution in [0.4, 0.5) is 5.82 Å². The molecule has 1 atom stereocenters. The Labute approximate surface area is 117 Å². The van der Waals surface area contributed by atoms with Crippen molar-refractivity contribution in [2.24, 2.45) is 0 Å². The molecule has 0 aliphatic heterocycles. The zero-order valence-corrected chi connectivity index (χ0v) is 11.0. The maximum absolute atomic E-state index is 11.8. The van der Waals surface area contributed by atoms with E-state index in [1.165, 1.54) is 0 Å². The van der Waals surface area contributed by atoms with Gasteiger partial charge in [0, 0.05) is 6.07 Å². The summed E-state index contributed by atoms with van der Waals surface area (Å²) in [5.41, 5.74) is 0. The lowest BCUT2D eigenvalue weighted by Gasteiger charge is -2.11. The SMILES string of the molecule is O=C(O)C[C@H](NS(=O)(=O)c1ccc([N+](=O)[O-])nc1)C(=O)O. The largest absolute Gasteiger partial charge is 0.481 e. The highest BCUT2D eigenvalue weighted by atomic mass is 32.2. The standard InChI is InChI=1S/C9H9N3O8S/c13-8(14)3-6(9(15)16)11-21(19,20)5-1-2-7(10-4-5)12(17)18/h1-2,4,6,11H,3H2,(H,13,14)(H,15,16)/t6-/m0/s1. The van der Waals surface area contributed by atoms with E-state index in [9.17, 15) is 28.1 Å². The molecular weight excluding hydrogens is 310 g/mol. The molecule has 12 heteroatoms. The molecule has 0 aromatic carbocycles. The van der Waals surface area contributed by atoms with E-state index in [1.54, 1.807) is 4.72 Å². The zero-order valence-electron chi connectivity index (χ0n) is 10.2. The highest BCUT2D eigenvalue weighted by molar-refractivity contribution is 7.89. The van der Waals surface area contributed by atoms with Crippen molar-refractivity contribution in [2.75, 3.05) is 0 Å². The van der Waals surface area contributed by atoms with Crippen LogP contribution in [0.2, 0.25) is 0 Å². The van der Waals surface area contributed by atoms with Crippen LogP contribution in [0, 0.1) is 10.1 Å². The lowest BCUT2D eigenvalue weighted by Crippen LogP contribution is -2.42. The van der Waals surface area contributed by atoms with E-state index in [0.29, 0.717) is 6.20 Å². The molecule has 0 radical (unpaired) electrons. The first-order chi connectivity index (χ1) is 9.63. The number of nitrogens with zero attached hydrogens (tertiary/aromatic N) is 2. The molecular formula is C9H9N3O8S. The van der Waals surface area contributed by atoms with Crippen molar-refractivity contribution in [1.82, 2.24) is 9.71 Å². The molecule has 21 heavy (non-hydrogen) atoms. The summed E-state index contributed by atoms with van der Waals surface area (Å²) >= 11 is 0. The Morgan fingerprint density at radius 2 is 2.00 bits per heavy atom. The summed E-state index contributed by atoms with van der Waals surface area (Å²) in [6, 6.07) is -0.197. The molecule has 0 unspecified atom stereocenters. The molecule has 1 rings (SSSR count). The first kappa shape index (κ1) is 16.5. The van der Waals surface area contributed by atoms with E-state index >= 15 is 0 Å². The van der Waals surface area contributed by atoms with Crippen LogP contribution in [-0.4, -0.2) is 46.5 Å². The molecule has 1 aromatic rings. The van der Waals surface area contributed by atoms with E-state index < -0.39 is 50.1 Å². The minimum absolute atomic E-state index is 0.523. The number of carboxylic acids is 2. The Morgan fingerprint density at radius 1 is 1.38 bits per heavy atom. The van der Waals surface area contributed by atoms with Crippen molar-refractivity contribution in [3.8, 4) is 0 Å². The van der Waals surface area contributed by atoms with E-state index in [1.807, 2.05) is 0 Å². The summed E-state index contributed by atoms with van der Waals surface area (Å²) in [4.78, 5) is 33.6. The van der Waals surface area contributed by atoms with Gasteiger partial charge < -0.3 is 20.3 Å². The molecule has 0 bridgehead atoms. The first-order valence-electron chi connectivity index (χ1n) is 5.21. The minimum Gasteiger partial charge on any atom is -0.481 e. The predicted molar refractivity (Wildman–Crippen MR) is 64.9 cm³/mol. The second-order valence-electron chi connectivity index (χ2n) is 3.72. The van der Waals surface area contributed by atoms with Gasteiger partial charge >= 0.3 is 17.8 Å². The minimum atomic E-state index is -4.37. The van der Waals surface area contributed by atoms with Crippen molar-refractivity contribution in [3.05, 3.63) is 28.4 Å². The third-order valence-electron chi connectivity index (χ3n) is 2.19. The molecule has 0 saturated heterocycles. The summed E-state index contributed by atoms with van der Waals surface area (Å²) in [7, 11) is -4.37.